The first-order chi connectivity index (χ1) is 20.2. The summed E-state index contributed by atoms with van der Waals surface area (Å²) in [6.45, 7) is 3.16. The van der Waals surface area contributed by atoms with Crippen molar-refractivity contribution in [2.24, 2.45) is 10.1 Å². The molecule has 3 aromatic carbocycles. The Morgan fingerprint density at radius 3 is 2.49 bits per heavy atom. The van der Waals surface area contributed by atoms with Gasteiger partial charge in [0, 0.05) is 32.0 Å². The van der Waals surface area contributed by atoms with E-state index in [1.807, 2.05) is 0 Å². The van der Waals surface area contributed by atoms with Gasteiger partial charge in [0.2, 0.25) is 0 Å². The minimum Gasteiger partial charge on any atom is -0.386 e. The molecule has 1 atom stereocenters. The quantitative estimate of drug-likeness (QED) is 0.140. The Kier molecular flexibility index (Phi) is 7.95. The lowest BCUT2D eigenvalue weighted by molar-refractivity contribution is 0.561. The van der Waals surface area contributed by atoms with Gasteiger partial charge in [0.1, 0.15) is 23.3 Å². The molecule has 226 valence electrons. The van der Waals surface area contributed by atoms with E-state index < -0.39 is 37.8 Å². The van der Waals surface area contributed by atoms with E-state index in [1.54, 1.807) is 51.4 Å². The van der Waals surface area contributed by atoms with Gasteiger partial charge in [-0.05, 0) is 67.3 Å². The summed E-state index contributed by atoms with van der Waals surface area (Å²) < 4.78 is 57.8. The average Bonchev–Trinajstić information content (AvgIpc) is 2.91. The Bertz CT molecular complexity index is 1980. The lowest BCUT2D eigenvalue weighted by atomic mass is 9.98. The second-order valence-corrected chi connectivity index (χ2v) is 14.2. The Hall–Kier alpha value is -3.68. The number of aromatic nitrogens is 2. The predicted molar refractivity (Wildman–Crippen MR) is 170 cm³/mol. The van der Waals surface area contributed by atoms with Crippen molar-refractivity contribution in [3.8, 4) is 5.69 Å². The highest BCUT2D eigenvalue weighted by Crippen LogP contribution is 2.43. The van der Waals surface area contributed by atoms with Crippen molar-refractivity contribution in [3.05, 3.63) is 92.0 Å². The van der Waals surface area contributed by atoms with Crippen LogP contribution in [0.4, 0.5) is 20.2 Å². The number of rotatable bonds is 7. The standard InChI is InChI=1S/C29H29ClF2N6O3S2/c1-29(2,43(5,40)41)15-6-7-18-20(11-15)36-27-22(10-14-8-16(31)12-17(32)9-14)35-21-13-19(30)23(26(33)37-42-4)24(34-3)25(21)38(27)28(18)39/h6-9,11-13,22,34-35H,10H2,1-5H3,(H2,33,37). The van der Waals surface area contributed by atoms with Crippen LogP contribution in [0.15, 0.2) is 51.7 Å². The Labute approximate surface area is 256 Å². The van der Waals surface area contributed by atoms with Gasteiger partial charge in [0.15, 0.2) is 9.84 Å². The van der Waals surface area contributed by atoms with E-state index in [0.717, 1.165) is 24.3 Å². The Morgan fingerprint density at radius 2 is 1.88 bits per heavy atom. The number of hydrogen-bond acceptors (Lipinski definition) is 8. The van der Waals surface area contributed by atoms with Crippen LogP contribution in [-0.2, 0) is 21.0 Å². The zero-order valence-electron chi connectivity index (χ0n) is 23.9. The third kappa shape index (κ3) is 5.34. The summed E-state index contributed by atoms with van der Waals surface area (Å²) in [5.41, 5.74) is 8.55. The third-order valence-electron chi connectivity index (χ3n) is 7.69. The van der Waals surface area contributed by atoms with Crippen molar-refractivity contribution in [1.29, 1.82) is 0 Å². The molecule has 5 rings (SSSR count). The van der Waals surface area contributed by atoms with Crippen molar-refractivity contribution in [1.82, 2.24) is 9.55 Å². The van der Waals surface area contributed by atoms with Crippen LogP contribution in [0.5, 0.6) is 0 Å². The maximum absolute atomic E-state index is 14.3. The highest BCUT2D eigenvalue weighted by Gasteiger charge is 2.35. The number of sulfone groups is 1. The fraction of sp³-hybridized carbons (Fsp3) is 0.276. The smallest absolute Gasteiger partial charge is 0.266 e. The molecule has 0 spiro atoms. The third-order valence-corrected chi connectivity index (χ3v) is 10.5. The molecule has 1 aromatic heterocycles. The van der Waals surface area contributed by atoms with Gasteiger partial charge in [-0.3, -0.25) is 9.36 Å². The first-order valence-corrected chi connectivity index (χ1v) is 16.5. The van der Waals surface area contributed by atoms with E-state index in [1.165, 1.54) is 16.7 Å². The van der Waals surface area contributed by atoms with E-state index >= 15 is 0 Å². The van der Waals surface area contributed by atoms with Gasteiger partial charge in [-0.15, -0.1) is 0 Å². The topological polar surface area (TPSA) is 131 Å². The summed E-state index contributed by atoms with van der Waals surface area (Å²) in [5.74, 6) is -1.10. The number of halogens is 3. The van der Waals surface area contributed by atoms with Crippen LogP contribution >= 0.6 is 23.5 Å². The summed E-state index contributed by atoms with van der Waals surface area (Å²) in [6.07, 6.45) is 2.95. The SMILES string of the molecule is CNc1c(/C(N)=N/SC)c(Cl)cc2c1-n1c(nc3cc(C(C)(C)S(C)(=O)=O)ccc3c1=O)C(Cc1cc(F)cc(F)c1)N2. The molecule has 0 aliphatic carbocycles. The number of nitrogens with two attached hydrogens (primary N) is 1. The van der Waals surface area contributed by atoms with Crippen molar-refractivity contribution in [3.63, 3.8) is 0 Å². The minimum absolute atomic E-state index is 0.0604. The van der Waals surface area contributed by atoms with Crippen LogP contribution in [0.1, 0.15) is 42.4 Å². The summed E-state index contributed by atoms with van der Waals surface area (Å²) in [6, 6.07) is 8.83. The van der Waals surface area contributed by atoms with Gasteiger partial charge in [0.25, 0.3) is 5.56 Å². The molecule has 9 nitrogen and oxygen atoms in total. The maximum atomic E-state index is 14.3. The van der Waals surface area contributed by atoms with E-state index in [-0.39, 0.29) is 34.0 Å². The van der Waals surface area contributed by atoms with E-state index in [9.17, 15) is 22.0 Å². The first kappa shape index (κ1) is 30.8. The van der Waals surface area contributed by atoms with Gasteiger partial charge >= 0.3 is 0 Å². The molecule has 4 N–H and O–H groups in total. The molecule has 2 heterocycles. The molecule has 0 fully saturated rings. The molecular weight excluding hydrogens is 618 g/mol. The summed E-state index contributed by atoms with van der Waals surface area (Å²) in [4.78, 5) is 19.1. The summed E-state index contributed by atoms with van der Waals surface area (Å²) in [7, 11) is -1.87. The number of nitrogens with zero attached hydrogens (tertiary/aromatic N) is 3. The molecule has 0 amide bonds. The van der Waals surface area contributed by atoms with Crippen molar-refractivity contribution >= 4 is 61.5 Å². The number of benzene rings is 3. The largest absolute Gasteiger partial charge is 0.386 e. The predicted octanol–water partition coefficient (Wildman–Crippen LogP) is 5.33. The van der Waals surface area contributed by atoms with Gasteiger partial charge in [-0.1, -0.05) is 17.7 Å². The van der Waals surface area contributed by atoms with Crippen LogP contribution in [0, 0.1) is 11.6 Å². The highest BCUT2D eigenvalue weighted by atomic mass is 35.5. The van der Waals surface area contributed by atoms with Gasteiger partial charge in [0.05, 0.1) is 49.3 Å². The normalized spacial score (nSPS) is 15.2. The Morgan fingerprint density at radius 1 is 1.21 bits per heavy atom. The van der Waals surface area contributed by atoms with Crippen molar-refractivity contribution in [2.45, 2.75) is 31.1 Å². The second kappa shape index (κ2) is 11.1. The van der Waals surface area contributed by atoms with Crippen molar-refractivity contribution < 1.29 is 17.2 Å². The molecule has 43 heavy (non-hydrogen) atoms. The van der Waals surface area contributed by atoms with Crippen LogP contribution < -0.4 is 21.9 Å². The average molecular weight is 647 g/mol. The number of nitrogens with one attached hydrogen (secondary N) is 2. The van der Waals surface area contributed by atoms with Crippen LogP contribution in [0.3, 0.4) is 0 Å². The molecule has 0 bridgehead atoms. The molecule has 1 aliphatic rings. The van der Waals surface area contributed by atoms with Crippen LogP contribution in [0.2, 0.25) is 5.02 Å². The monoisotopic (exact) mass is 646 g/mol. The molecule has 1 aliphatic heterocycles. The number of fused-ring (bicyclic) bond motifs is 4. The van der Waals surface area contributed by atoms with Crippen LogP contribution in [-0.4, -0.2) is 43.4 Å². The zero-order valence-corrected chi connectivity index (χ0v) is 26.3. The molecule has 0 saturated heterocycles. The Balaban J connectivity index is 1.84. The van der Waals surface area contributed by atoms with E-state index in [2.05, 4.69) is 15.0 Å². The molecule has 14 heteroatoms. The fourth-order valence-corrected chi connectivity index (χ4v) is 6.36. The van der Waals surface area contributed by atoms with Crippen molar-refractivity contribution in [2.75, 3.05) is 30.2 Å². The minimum atomic E-state index is -3.52. The van der Waals surface area contributed by atoms with E-state index in [4.69, 9.17) is 22.3 Å². The first-order valence-electron chi connectivity index (χ1n) is 13.1. The number of amidine groups is 1. The zero-order chi connectivity index (χ0) is 31.4. The second-order valence-electron chi connectivity index (χ2n) is 10.7. The molecule has 4 aromatic rings. The fourth-order valence-electron chi connectivity index (χ4n) is 5.22. The summed E-state index contributed by atoms with van der Waals surface area (Å²) in [5, 5.41) is 6.94. The van der Waals surface area contributed by atoms with Crippen LogP contribution in [0.25, 0.3) is 16.6 Å². The lowest BCUT2D eigenvalue weighted by Gasteiger charge is -2.33. The molecule has 0 radical (unpaired) electrons. The molecular formula is C29H29ClF2N6O3S2. The van der Waals surface area contributed by atoms with Gasteiger partial charge in [-0.2, -0.15) is 4.40 Å². The van der Waals surface area contributed by atoms with E-state index in [0.29, 0.717) is 33.8 Å². The lowest BCUT2D eigenvalue weighted by Crippen LogP contribution is -2.35. The maximum Gasteiger partial charge on any atom is 0.266 e. The molecule has 1 unspecified atom stereocenters. The van der Waals surface area contributed by atoms with Gasteiger partial charge in [-0.25, -0.2) is 22.2 Å². The van der Waals surface area contributed by atoms with Gasteiger partial charge < -0.3 is 16.4 Å². The summed E-state index contributed by atoms with van der Waals surface area (Å²) >= 11 is 7.83. The number of anilines is 2. The highest BCUT2D eigenvalue weighted by molar-refractivity contribution is 7.97. The molecule has 0 saturated carbocycles. The number of hydrogen-bond donors (Lipinski definition) is 3.